The highest BCUT2D eigenvalue weighted by molar-refractivity contribution is 7.09. The molecule has 0 spiro atoms. The van der Waals surface area contributed by atoms with E-state index in [4.69, 9.17) is 11.6 Å². The summed E-state index contributed by atoms with van der Waals surface area (Å²) in [5, 5.41) is 13.1. The predicted molar refractivity (Wildman–Crippen MR) is 91.0 cm³/mol. The number of carbonyl (C=O) groups excluding carboxylic acids is 1. The van der Waals surface area contributed by atoms with Crippen molar-refractivity contribution in [3.8, 4) is 0 Å². The third kappa shape index (κ3) is 4.34. The van der Waals surface area contributed by atoms with E-state index in [1.54, 1.807) is 17.5 Å². The summed E-state index contributed by atoms with van der Waals surface area (Å²) >= 11 is 7.14. The zero-order valence-corrected chi connectivity index (χ0v) is 13.6. The van der Waals surface area contributed by atoms with Crippen LogP contribution in [0, 0.1) is 0 Å². The van der Waals surface area contributed by atoms with Crippen LogP contribution in [0.25, 0.3) is 0 Å². The smallest absolute Gasteiger partial charge is 0.276 e. The van der Waals surface area contributed by atoms with Gasteiger partial charge in [0.2, 0.25) is 0 Å². The topological polar surface area (TPSA) is 67.8 Å². The maximum atomic E-state index is 12.1. The molecule has 0 radical (unpaired) electrons. The molecule has 0 aliphatic rings. The fourth-order valence-electron chi connectivity index (χ4n) is 1.99. The first kappa shape index (κ1) is 15.6. The number of amides is 1. The van der Waals surface area contributed by atoms with Crippen LogP contribution in [0.5, 0.6) is 0 Å². The minimum atomic E-state index is -0.302. The summed E-state index contributed by atoms with van der Waals surface area (Å²) in [6, 6.07) is 13.4. The van der Waals surface area contributed by atoms with Gasteiger partial charge in [-0.15, -0.1) is 21.5 Å². The highest BCUT2D eigenvalue weighted by atomic mass is 35.5. The predicted octanol–water partition coefficient (Wildman–Crippen LogP) is 3.62. The van der Waals surface area contributed by atoms with E-state index in [0.717, 1.165) is 17.8 Å². The maximum Gasteiger partial charge on any atom is 0.276 e. The van der Waals surface area contributed by atoms with E-state index in [0.29, 0.717) is 11.5 Å². The summed E-state index contributed by atoms with van der Waals surface area (Å²) in [6.07, 6.45) is 1.71. The van der Waals surface area contributed by atoms with Crippen molar-refractivity contribution in [2.24, 2.45) is 0 Å². The lowest BCUT2D eigenvalue weighted by Crippen LogP contribution is -2.13. The van der Waals surface area contributed by atoms with E-state index >= 15 is 0 Å². The molecule has 0 unspecified atom stereocenters. The first-order chi connectivity index (χ1) is 11.2. The number of halogens is 1. The Morgan fingerprint density at radius 3 is 2.65 bits per heavy atom. The summed E-state index contributed by atoms with van der Waals surface area (Å²) in [6.45, 7) is 0. The lowest BCUT2D eigenvalue weighted by molar-refractivity contribution is 0.102. The Hall–Kier alpha value is -2.31. The Kier molecular flexibility index (Phi) is 4.95. The number of aryl methyl sites for hydroxylation is 2. The molecule has 2 heterocycles. The normalized spacial score (nSPS) is 10.5. The molecule has 3 aromatic rings. The summed E-state index contributed by atoms with van der Waals surface area (Å²) in [5.74, 6) is 0.0436. The lowest BCUT2D eigenvalue weighted by Gasteiger charge is -2.01. The van der Waals surface area contributed by atoms with Gasteiger partial charge in [0, 0.05) is 11.8 Å². The first-order valence-electron chi connectivity index (χ1n) is 6.99. The van der Waals surface area contributed by atoms with Gasteiger partial charge in [-0.3, -0.25) is 4.79 Å². The Balaban J connectivity index is 1.59. The molecule has 2 aromatic heterocycles. The standard InChI is InChI=1S/C16H13ClN4OS/c17-13-7-8-14(21-20-13)19-16(22)12-10-23-15(18-12)9-6-11-4-2-1-3-5-11/h1-5,7-8,10H,6,9H2,(H,19,21,22). The molecule has 0 saturated carbocycles. The Bertz CT molecular complexity index is 789. The summed E-state index contributed by atoms with van der Waals surface area (Å²) < 4.78 is 0. The van der Waals surface area contributed by atoms with Crippen molar-refractivity contribution in [1.82, 2.24) is 15.2 Å². The minimum absolute atomic E-state index is 0.278. The molecular formula is C16H13ClN4OS. The molecule has 7 heteroatoms. The molecule has 0 aliphatic carbocycles. The van der Waals surface area contributed by atoms with E-state index in [9.17, 15) is 4.79 Å². The molecule has 3 rings (SSSR count). The number of thiazole rings is 1. The molecular weight excluding hydrogens is 332 g/mol. The van der Waals surface area contributed by atoms with Gasteiger partial charge in [-0.2, -0.15) is 0 Å². The maximum absolute atomic E-state index is 12.1. The lowest BCUT2D eigenvalue weighted by atomic mass is 10.1. The van der Waals surface area contributed by atoms with E-state index in [1.807, 2.05) is 18.2 Å². The van der Waals surface area contributed by atoms with Crippen LogP contribution in [0.4, 0.5) is 5.82 Å². The number of hydrogen-bond donors (Lipinski definition) is 1. The van der Waals surface area contributed by atoms with Crippen molar-refractivity contribution in [2.75, 3.05) is 5.32 Å². The van der Waals surface area contributed by atoms with Crippen LogP contribution in [-0.2, 0) is 12.8 Å². The Morgan fingerprint density at radius 1 is 1.09 bits per heavy atom. The second-order valence-electron chi connectivity index (χ2n) is 4.81. The van der Waals surface area contributed by atoms with E-state index in [2.05, 4.69) is 32.6 Å². The summed E-state index contributed by atoms with van der Waals surface area (Å²) in [7, 11) is 0. The van der Waals surface area contributed by atoms with E-state index < -0.39 is 0 Å². The number of rotatable bonds is 5. The van der Waals surface area contributed by atoms with E-state index in [1.165, 1.54) is 16.9 Å². The molecule has 0 atom stereocenters. The molecule has 0 bridgehead atoms. The van der Waals surface area contributed by atoms with Gasteiger partial charge in [0.05, 0.1) is 5.01 Å². The van der Waals surface area contributed by atoms with Gasteiger partial charge in [0.1, 0.15) is 5.69 Å². The van der Waals surface area contributed by atoms with Gasteiger partial charge in [0.15, 0.2) is 11.0 Å². The molecule has 0 saturated heterocycles. The van der Waals surface area contributed by atoms with Crippen LogP contribution in [0.15, 0.2) is 47.8 Å². The molecule has 1 amide bonds. The third-order valence-corrected chi connectivity index (χ3v) is 4.24. The number of nitrogens with one attached hydrogen (secondary N) is 1. The van der Waals surface area contributed by atoms with Gasteiger partial charge in [-0.25, -0.2) is 4.98 Å². The molecule has 5 nitrogen and oxygen atoms in total. The zero-order valence-electron chi connectivity index (χ0n) is 12.1. The molecule has 0 aliphatic heterocycles. The van der Waals surface area contributed by atoms with Crippen molar-refractivity contribution in [2.45, 2.75) is 12.8 Å². The first-order valence-corrected chi connectivity index (χ1v) is 8.25. The monoisotopic (exact) mass is 344 g/mol. The Morgan fingerprint density at radius 2 is 1.91 bits per heavy atom. The number of carbonyl (C=O) groups is 1. The van der Waals surface area contributed by atoms with Gasteiger partial charge < -0.3 is 5.32 Å². The summed E-state index contributed by atoms with van der Waals surface area (Å²) in [5.41, 5.74) is 1.64. The van der Waals surface area contributed by atoms with Crippen LogP contribution in [0.2, 0.25) is 5.15 Å². The second kappa shape index (κ2) is 7.30. The summed E-state index contributed by atoms with van der Waals surface area (Å²) in [4.78, 5) is 16.5. The van der Waals surface area contributed by atoms with Gasteiger partial charge in [-0.05, 0) is 24.1 Å². The fraction of sp³-hybridized carbons (Fsp3) is 0.125. The average Bonchev–Trinajstić information content (AvgIpc) is 3.05. The van der Waals surface area contributed by atoms with Crippen LogP contribution < -0.4 is 5.32 Å². The fourth-order valence-corrected chi connectivity index (χ4v) is 2.87. The van der Waals surface area contributed by atoms with Crippen molar-refractivity contribution in [3.05, 3.63) is 69.3 Å². The average molecular weight is 345 g/mol. The molecule has 0 fully saturated rings. The molecule has 1 aromatic carbocycles. The van der Waals surface area contributed by atoms with Crippen LogP contribution in [-0.4, -0.2) is 21.1 Å². The second-order valence-corrected chi connectivity index (χ2v) is 6.14. The number of aromatic nitrogens is 3. The molecule has 116 valence electrons. The van der Waals surface area contributed by atoms with Crippen molar-refractivity contribution in [3.63, 3.8) is 0 Å². The minimum Gasteiger partial charge on any atom is -0.304 e. The molecule has 1 N–H and O–H groups in total. The molecule has 23 heavy (non-hydrogen) atoms. The van der Waals surface area contributed by atoms with Crippen molar-refractivity contribution >= 4 is 34.7 Å². The van der Waals surface area contributed by atoms with Gasteiger partial charge in [0.25, 0.3) is 5.91 Å². The number of hydrogen-bond acceptors (Lipinski definition) is 5. The quantitative estimate of drug-likeness (QED) is 0.767. The van der Waals surface area contributed by atoms with E-state index in [-0.39, 0.29) is 11.1 Å². The Labute approximate surface area is 142 Å². The SMILES string of the molecule is O=C(Nc1ccc(Cl)nn1)c1csc(CCc2ccccc2)n1. The van der Waals surface area contributed by atoms with Crippen molar-refractivity contribution in [1.29, 1.82) is 0 Å². The largest absolute Gasteiger partial charge is 0.304 e. The highest BCUT2D eigenvalue weighted by Crippen LogP contribution is 2.15. The third-order valence-electron chi connectivity index (χ3n) is 3.13. The number of nitrogens with zero attached hydrogens (tertiary/aromatic N) is 3. The highest BCUT2D eigenvalue weighted by Gasteiger charge is 2.12. The van der Waals surface area contributed by atoms with Gasteiger partial charge in [-0.1, -0.05) is 41.9 Å². The van der Waals surface area contributed by atoms with Crippen LogP contribution >= 0.6 is 22.9 Å². The van der Waals surface area contributed by atoms with Crippen molar-refractivity contribution < 1.29 is 4.79 Å². The van der Waals surface area contributed by atoms with Gasteiger partial charge >= 0.3 is 0 Å². The van der Waals surface area contributed by atoms with Crippen LogP contribution in [0.3, 0.4) is 0 Å². The number of anilines is 1. The van der Waals surface area contributed by atoms with Crippen LogP contribution in [0.1, 0.15) is 21.1 Å². The zero-order chi connectivity index (χ0) is 16.1. The number of benzene rings is 1.